The first-order chi connectivity index (χ1) is 7.50. The third-order valence-corrected chi connectivity index (χ3v) is 2.59. The first-order valence-corrected chi connectivity index (χ1v) is 5.18. The van der Waals surface area contributed by atoms with Crippen LogP contribution in [0.15, 0.2) is 30.3 Å². The molecular formula is C12H17NO3. The van der Waals surface area contributed by atoms with Gasteiger partial charge in [0.2, 0.25) is 0 Å². The molecule has 88 valence electrons. The number of carboxylic acids is 1. The van der Waals surface area contributed by atoms with E-state index >= 15 is 0 Å². The summed E-state index contributed by atoms with van der Waals surface area (Å²) in [5.41, 5.74) is -0.508. The average Bonchev–Trinajstić information content (AvgIpc) is 2.29. The molecule has 1 aromatic rings. The topological polar surface area (TPSA) is 69.6 Å². The Hall–Kier alpha value is -1.39. The standard InChI is InChI=1S/C12H17NO3/c1-9(8-14)13-12(2,11(15)16)10-6-4-3-5-7-10/h3-7,9,13-14H,8H2,1-2H3,(H,15,16). The van der Waals surface area contributed by atoms with E-state index in [1.54, 1.807) is 38.1 Å². The van der Waals surface area contributed by atoms with E-state index in [0.717, 1.165) is 0 Å². The summed E-state index contributed by atoms with van der Waals surface area (Å²) >= 11 is 0. The van der Waals surface area contributed by atoms with Crippen LogP contribution in [0.3, 0.4) is 0 Å². The van der Waals surface area contributed by atoms with E-state index in [1.165, 1.54) is 0 Å². The van der Waals surface area contributed by atoms with Gasteiger partial charge in [0.25, 0.3) is 0 Å². The molecule has 0 saturated heterocycles. The van der Waals surface area contributed by atoms with Gasteiger partial charge >= 0.3 is 5.97 Å². The predicted octanol–water partition coefficient (Wildman–Crippen LogP) is 0.957. The molecule has 0 aliphatic heterocycles. The largest absolute Gasteiger partial charge is 0.480 e. The lowest BCUT2D eigenvalue weighted by molar-refractivity contribution is -0.145. The summed E-state index contributed by atoms with van der Waals surface area (Å²) in [7, 11) is 0. The van der Waals surface area contributed by atoms with Gasteiger partial charge in [-0.1, -0.05) is 30.3 Å². The van der Waals surface area contributed by atoms with Crippen molar-refractivity contribution in [3.8, 4) is 0 Å². The van der Waals surface area contributed by atoms with Crippen molar-refractivity contribution in [2.45, 2.75) is 25.4 Å². The van der Waals surface area contributed by atoms with Crippen LogP contribution in [0.2, 0.25) is 0 Å². The van der Waals surface area contributed by atoms with E-state index < -0.39 is 11.5 Å². The molecule has 0 aliphatic rings. The van der Waals surface area contributed by atoms with Gasteiger partial charge in [-0.15, -0.1) is 0 Å². The van der Waals surface area contributed by atoms with Gasteiger partial charge in [0.05, 0.1) is 6.61 Å². The SMILES string of the molecule is CC(CO)NC(C)(C(=O)O)c1ccccc1. The van der Waals surface area contributed by atoms with Crippen LogP contribution in [0, 0.1) is 0 Å². The lowest BCUT2D eigenvalue weighted by atomic mass is 9.91. The Morgan fingerprint density at radius 2 is 2.00 bits per heavy atom. The number of nitrogens with one attached hydrogen (secondary N) is 1. The van der Waals surface area contributed by atoms with E-state index in [1.807, 2.05) is 6.07 Å². The molecule has 0 bridgehead atoms. The molecule has 0 radical (unpaired) electrons. The summed E-state index contributed by atoms with van der Waals surface area (Å²) in [4.78, 5) is 11.3. The summed E-state index contributed by atoms with van der Waals surface area (Å²) in [6, 6.07) is 8.66. The van der Waals surface area contributed by atoms with Crippen LogP contribution >= 0.6 is 0 Å². The van der Waals surface area contributed by atoms with Crippen LogP contribution in [-0.4, -0.2) is 28.8 Å². The van der Waals surface area contributed by atoms with Gasteiger partial charge in [0.15, 0.2) is 0 Å². The molecule has 4 nitrogen and oxygen atoms in total. The highest BCUT2D eigenvalue weighted by atomic mass is 16.4. The minimum atomic E-state index is -1.18. The number of carboxylic acid groups (broad SMARTS) is 1. The van der Waals surface area contributed by atoms with Crippen molar-refractivity contribution in [1.29, 1.82) is 0 Å². The van der Waals surface area contributed by atoms with E-state index in [0.29, 0.717) is 5.56 Å². The fourth-order valence-electron chi connectivity index (χ4n) is 1.58. The molecule has 4 heteroatoms. The molecule has 1 aromatic carbocycles. The fourth-order valence-corrected chi connectivity index (χ4v) is 1.58. The van der Waals surface area contributed by atoms with Gasteiger partial charge in [-0.2, -0.15) is 0 Å². The lowest BCUT2D eigenvalue weighted by Crippen LogP contribution is -2.51. The number of rotatable bonds is 5. The average molecular weight is 223 g/mol. The third kappa shape index (κ3) is 2.59. The molecule has 16 heavy (non-hydrogen) atoms. The Bertz CT molecular complexity index is 353. The van der Waals surface area contributed by atoms with Crippen molar-refractivity contribution in [2.24, 2.45) is 0 Å². The Kier molecular flexibility index (Phi) is 4.04. The maximum Gasteiger partial charge on any atom is 0.328 e. The first kappa shape index (κ1) is 12.7. The maximum atomic E-state index is 11.3. The molecular weight excluding hydrogens is 206 g/mol. The molecule has 0 spiro atoms. The zero-order valence-electron chi connectivity index (χ0n) is 9.47. The molecule has 2 atom stereocenters. The van der Waals surface area contributed by atoms with Crippen LogP contribution < -0.4 is 5.32 Å². The van der Waals surface area contributed by atoms with E-state index in [4.69, 9.17) is 5.11 Å². The molecule has 0 fully saturated rings. The number of benzene rings is 1. The van der Waals surface area contributed by atoms with Crippen molar-refractivity contribution in [2.75, 3.05) is 6.61 Å². The van der Waals surface area contributed by atoms with E-state index in [2.05, 4.69) is 5.32 Å². The Labute approximate surface area is 94.9 Å². The van der Waals surface area contributed by atoms with Gasteiger partial charge in [0.1, 0.15) is 5.54 Å². The second kappa shape index (κ2) is 5.09. The number of aliphatic carboxylic acids is 1. The predicted molar refractivity (Wildman–Crippen MR) is 61.1 cm³/mol. The summed E-state index contributed by atoms with van der Waals surface area (Å²) < 4.78 is 0. The molecule has 0 amide bonds. The van der Waals surface area contributed by atoms with Crippen LogP contribution in [0.1, 0.15) is 19.4 Å². The Morgan fingerprint density at radius 1 is 1.44 bits per heavy atom. The second-order valence-electron chi connectivity index (χ2n) is 4.02. The zero-order chi connectivity index (χ0) is 12.2. The highest BCUT2D eigenvalue weighted by Crippen LogP contribution is 2.21. The van der Waals surface area contributed by atoms with Crippen molar-refractivity contribution < 1.29 is 15.0 Å². The van der Waals surface area contributed by atoms with Gasteiger partial charge in [0, 0.05) is 6.04 Å². The van der Waals surface area contributed by atoms with Crippen molar-refractivity contribution >= 4 is 5.97 Å². The van der Waals surface area contributed by atoms with Crippen molar-refractivity contribution in [3.63, 3.8) is 0 Å². The number of hydrogen-bond acceptors (Lipinski definition) is 3. The van der Waals surface area contributed by atoms with Crippen molar-refractivity contribution in [1.82, 2.24) is 5.32 Å². The van der Waals surface area contributed by atoms with Crippen LogP contribution in [0.25, 0.3) is 0 Å². The Balaban J connectivity index is 3.02. The normalized spacial score (nSPS) is 16.4. The Morgan fingerprint density at radius 3 is 2.44 bits per heavy atom. The van der Waals surface area contributed by atoms with Crippen molar-refractivity contribution in [3.05, 3.63) is 35.9 Å². The molecule has 2 unspecified atom stereocenters. The molecule has 3 N–H and O–H groups in total. The number of hydrogen-bond donors (Lipinski definition) is 3. The van der Waals surface area contributed by atoms with E-state index in [9.17, 15) is 9.90 Å². The van der Waals surface area contributed by atoms with E-state index in [-0.39, 0.29) is 12.6 Å². The van der Waals surface area contributed by atoms with Gasteiger partial charge in [-0.25, -0.2) is 4.79 Å². The maximum absolute atomic E-state index is 11.3. The van der Waals surface area contributed by atoms with Crippen LogP contribution in [0.5, 0.6) is 0 Å². The highest BCUT2D eigenvalue weighted by Gasteiger charge is 2.35. The first-order valence-electron chi connectivity index (χ1n) is 5.18. The monoisotopic (exact) mass is 223 g/mol. The van der Waals surface area contributed by atoms with Gasteiger partial charge < -0.3 is 10.2 Å². The minimum absolute atomic E-state index is 0.101. The van der Waals surface area contributed by atoms with Crippen LogP contribution in [-0.2, 0) is 10.3 Å². The molecule has 1 rings (SSSR count). The summed E-state index contributed by atoms with van der Waals surface area (Å²) in [6.45, 7) is 3.23. The highest BCUT2D eigenvalue weighted by molar-refractivity contribution is 5.80. The second-order valence-corrected chi connectivity index (χ2v) is 4.02. The number of aliphatic hydroxyl groups is 1. The smallest absolute Gasteiger partial charge is 0.328 e. The fraction of sp³-hybridized carbons (Fsp3) is 0.417. The van der Waals surface area contributed by atoms with Gasteiger partial charge in [-0.05, 0) is 19.4 Å². The summed E-state index contributed by atoms with van der Waals surface area (Å²) in [6.07, 6.45) is 0. The number of carbonyl (C=O) groups is 1. The summed E-state index contributed by atoms with van der Waals surface area (Å²) in [5, 5.41) is 21.2. The molecule has 0 aliphatic carbocycles. The lowest BCUT2D eigenvalue weighted by Gasteiger charge is -2.29. The van der Waals surface area contributed by atoms with Gasteiger partial charge in [-0.3, -0.25) is 5.32 Å². The zero-order valence-corrected chi connectivity index (χ0v) is 9.47. The third-order valence-electron chi connectivity index (χ3n) is 2.59. The minimum Gasteiger partial charge on any atom is -0.480 e. The molecule has 0 heterocycles. The number of aliphatic hydroxyl groups excluding tert-OH is 1. The quantitative estimate of drug-likeness (QED) is 0.695. The molecule has 0 aromatic heterocycles. The summed E-state index contributed by atoms with van der Waals surface area (Å²) in [5.74, 6) is -0.959. The molecule has 0 saturated carbocycles. The van der Waals surface area contributed by atoms with Crippen LogP contribution in [0.4, 0.5) is 0 Å².